The summed E-state index contributed by atoms with van der Waals surface area (Å²) in [6.07, 6.45) is 14.0. The van der Waals surface area contributed by atoms with Crippen molar-refractivity contribution in [1.82, 2.24) is 20.1 Å². The van der Waals surface area contributed by atoms with Gasteiger partial charge >= 0.3 is 0 Å². The lowest BCUT2D eigenvalue weighted by Gasteiger charge is -2.36. The molecule has 5 rings (SSSR count). The molecule has 3 aliphatic rings. The molecule has 2 aromatic rings. The van der Waals surface area contributed by atoms with Crippen LogP contribution in [0.4, 0.5) is 9.52 Å². The van der Waals surface area contributed by atoms with Crippen molar-refractivity contribution < 1.29 is 9.18 Å². The molecule has 0 spiro atoms. The number of Topliss-reactive ketones (excluding diaryl/α,β-unsaturated/α-hetero) is 1. The quantitative estimate of drug-likeness (QED) is 0.308. The topological polar surface area (TPSA) is 64.1 Å². The zero-order valence-electron chi connectivity index (χ0n) is 25.9. The fraction of sp³-hybridized carbons (Fsp3) is 0.500. The Bertz CT molecular complexity index is 1370. The second-order valence-electron chi connectivity index (χ2n) is 11.8. The number of rotatable bonds is 12. The minimum Gasteiger partial charge on any atom is -0.348 e. The number of thiazole rings is 1. The molecule has 0 saturated carbocycles. The second kappa shape index (κ2) is 14.6. The summed E-state index contributed by atoms with van der Waals surface area (Å²) in [5, 5.41) is 6.35. The molecule has 2 bridgehead atoms. The summed E-state index contributed by atoms with van der Waals surface area (Å²) in [6, 6.07) is 6.92. The van der Waals surface area contributed by atoms with Gasteiger partial charge in [-0.25, -0.2) is 9.37 Å². The molecule has 1 unspecified atom stereocenters. The molecule has 43 heavy (non-hydrogen) atoms. The Morgan fingerprint density at radius 3 is 2.58 bits per heavy atom. The van der Waals surface area contributed by atoms with Gasteiger partial charge in [-0.3, -0.25) is 14.7 Å². The van der Waals surface area contributed by atoms with Crippen LogP contribution in [0.1, 0.15) is 52.9 Å². The lowest BCUT2D eigenvalue weighted by atomic mass is 9.89. The second-order valence-corrected chi connectivity index (χ2v) is 12.6. The number of benzene rings is 1. The number of likely N-dealkylation sites (tertiary alicyclic amines) is 1. The molecule has 0 aliphatic carbocycles. The smallest absolute Gasteiger partial charge is 0.187 e. The van der Waals surface area contributed by atoms with E-state index in [2.05, 4.69) is 72.3 Å². The van der Waals surface area contributed by atoms with Gasteiger partial charge in [0, 0.05) is 35.9 Å². The number of carbonyl (C=O) groups is 1. The van der Waals surface area contributed by atoms with Crippen LogP contribution in [-0.4, -0.2) is 78.3 Å². The van der Waals surface area contributed by atoms with Crippen LogP contribution in [-0.2, 0) is 4.79 Å². The predicted octanol–water partition coefficient (Wildman–Crippen LogP) is 6.28. The molecular formula is C34H45FN6OS. The summed E-state index contributed by atoms with van der Waals surface area (Å²) in [4.78, 5) is 29.5. The maximum Gasteiger partial charge on any atom is 0.187 e. The molecule has 1 aromatic heterocycles. The number of nitrogens with zero attached hydrogens (tertiary/aromatic N) is 5. The Morgan fingerprint density at radius 2 is 1.88 bits per heavy atom. The molecule has 7 nitrogen and oxygen atoms in total. The summed E-state index contributed by atoms with van der Waals surface area (Å²) in [6.45, 7) is 10.1. The normalized spacial score (nSPS) is 19.5. The molecule has 9 heteroatoms. The summed E-state index contributed by atoms with van der Waals surface area (Å²) < 4.78 is 13.5. The SMILES string of the molecule is CCC1=CC(N(C)c2nc(-c3ccc(F)cc3)cs2)N2C=C(C3CCN(CC(=O)CNC(CC)CC)CC3)C=CC(=N1)C2. The first-order valence-electron chi connectivity index (χ1n) is 15.7. The highest BCUT2D eigenvalue weighted by Gasteiger charge is 2.29. The van der Waals surface area contributed by atoms with E-state index in [0.717, 1.165) is 79.5 Å². The van der Waals surface area contributed by atoms with Crippen LogP contribution in [0, 0.1) is 11.7 Å². The number of anilines is 1. The lowest BCUT2D eigenvalue weighted by Crippen LogP contribution is -2.44. The Morgan fingerprint density at radius 1 is 1.14 bits per heavy atom. The maximum atomic E-state index is 13.5. The number of carbonyl (C=O) groups excluding carboxylic acids is 1. The third-order valence-electron chi connectivity index (χ3n) is 8.82. The van der Waals surface area contributed by atoms with Gasteiger partial charge in [0.25, 0.3) is 0 Å². The van der Waals surface area contributed by atoms with E-state index in [4.69, 9.17) is 9.98 Å². The van der Waals surface area contributed by atoms with Gasteiger partial charge in [-0.2, -0.15) is 0 Å². The van der Waals surface area contributed by atoms with Crippen LogP contribution in [0.25, 0.3) is 11.3 Å². The van der Waals surface area contributed by atoms with E-state index in [1.54, 1.807) is 23.5 Å². The number of aromatic nitrogens is 1. The minimum absolute atomic E-state index is 0.0430. The summed E-state index contributed by atoms with van der Waals surface area (Å²) in [5.74, 6) is 0.475. The van der Waals surface area contributed by atoms with Crippen LogP contribution in [0.2, 0.25) is 0 Å². The minimum atomic E-state index is -0.246. The molecule has 1 N–H and O–H groups in total. The fourth-order valence-electron chi connectivity index (χ4n) is 6.07. The highest BCUT2D eigenvalue weighted by molar-refractivity contribution is 7.14. The lowest BCUT2D eigenvalue weighted by molar-refractivity contribution is -0.119. The van der Waals surface area contributed by atoms with Crippen molar-refractivity contribution in [2.45, 2.75) is 65.1 Å². The number of hydrogen-bond donors (Lipinski definition) is 1. The molecule has 1 fully saturated rings. The van der Waals surface area contributed by atoms with Crippen molar-refractivity contribution >= 4 is 28.0 Å². The Kier molecular flexibility index (Phi) is 10.6. The van der Waals surface area contributed by atoms with E-state index in [9.17, 15) is 9.18 Å². The molecule has 3 aliphatic heterocycles. The molecule has 4 heterocycles. The van der Waals surface area contributed by atoms with Crippen molar-refractivity contribution in [3.05, 3.63) is 71.2 Å². The third kappa shape index (κ3) is 7.88. The van der Waals surface area contributed by atoms with Crippen LogP contribution < -0.4 is 10.2 Å². The molecule has 0 amide bonds. The number of allylic oxidation sites excluding steroid dienone is 3. The number of hydrogen-bond acceptors (Lipinski definition) is 8. The van der Waals surface area contributed by atoms with Crippen molar-refractivity contribution in [3.63, 3.8) is 0 Å². The number of fused-ring (bicyclic) bond motifs is 2. The Balaban J connectivity index is 1.27. The highest BCUT2D eigenvalue weighted by atomic mass is 32.1. The highest BCUT2D eigenvalue weighted by Crippen LogP contribution is 2.33. The zero-order valence-corrected chi connectivity index (χ0v) is 26.7. The Labute approximate surface area is 259 Å². The van der Waals surface area contributed by atoms with E-state index in [0.29, 0.717) is 25.0 Å². The van der Waals surface area contributed by atoms with Gasteiger partial charge < -0.3 is 15.1 Å². The van der Waals surface area contributed by atoms with Crippen LogP contribution in [0.3, 0.4) is 0 Å². The van der Waals surface area contributed by atoms with Gasteiger partial charge in [0.1, 0.15) is 12.0 Å². The number of halogens is 1. The summed E-state index contributed by atoms with van der Waals surface area (Å²) >= 11 is 1.60. The van der Waals surface area contributed by atoms with E-state index in [1.807, 2.05) is 5.38 Å². The summed E-state index contributed by atoms with van der Waals surface area (Å²) in [5.41, 5.74) is 5.22. The first-order valence-corrected chi connectivity index (χ1v) is 16.6. The Hall–Kier alpha value is -3.14. The number of piperidine rings is 1. The van der Waals surface area contributed by atoms with E-state index in [-0.39, 0.29) is 17.8 Å². The summed E-state index contributed by atoms with van der Waals surface area (Å²) in [7, 11) is 2.09. The average molecular weight is 605 g/mol. The van der Waals surface area contributed by atoms with Gasteiger partial charge in [-0.15, -0.1) is 11.3 Å². The van der Waals surface area contributed by atoms with Gasteiger partial charge in [0.05, 0.1) is 31.0 Å². The first-order chi connectivity index (χ1) is 20.9. The molecule has 1 saturated heterocycles. The van der Waals surface area contributed by atoms with E-state index < -0.39 is 0 Å². The van der Waals surface area contributed by atoms with E-state index >= 15 is 0 Å². The largest absolute Gasteiger partial charge is 0.348 e. The number of ketones is 1. The molecule has 0 radical (unpaired) electrons. The van der Waals surface area contributed by atoms with Crippen molar-refractivity contribution in [2.24, 2.45) is 10.9 Å². The molecular weight excluding hydrogens is 559 g/mol. The molecule has 1 atom stereocenters. The van der Waals surface area contributed by atoms with Gasteiger partial charge in [0.2, 0.25) is 0 Å². The van der Waals surface area contributed by atoms with Gasteiger partial charge in [-0.05, 0) is 93.1 Å². The monoisotopic (exact) mass is 604 g/mol. The third-order valence-corrected chi connectivity index (χ3v) is 9.75. The van der Waals surface area contributed by atoms with Crippen molar-refractivity contribution in [2.75, 3.05) is 44.7 Å². The maximum absolute atomic E-state index is 13.5. The predicted molar refractivity (Wildman–Crippen MR) is 176 cm³/mol. The molecule has 230 valence electrons. The van der Waals surface area contributed by atoms with E-state index in [1.165, 1.54) is 17.7 Å². The van der Waals surface area contributed by atoms with Crippen molar-refractivity contribution in [1.29, 1.82) is 0 Å². The fourth-order valence-corrected chi connectivity index (χ4v) is 6.91. The number of aliphatic imine (C=N–C) groups is 1. The van der Waals surface area contributed by atoms with Crippen LogP contribution in [0.15, 0.2) is 70.3 Å². The van der Waals surface area contributed by atoms with Crippen LogP contribution >= 0.6 is 11.3 Å². The molecule has 1 aromatic carbocycles. The van der Waals surface area contributed by atoms with Gasteiger partial charge in [-0.1, -0.05) is 26.8 Å². The number of likely N-dealkylation sites (N-methyl/N-ethyl adjacent to an activating group) is 1. The standard InChI is InChI=1S/C34H45FN6OS/c1-5-28(6-2)36-19-31(42)22-40-16-14-24(15-17-40)26-10-13-30-21-41(20-26)33(18-29(7-3)37-30)39(4)34-38-32(23-43-34)25-8-11-27(35)12-9-25/h8-13,18,20,23-24,28,33,36H,5-7,14-17,19,21-22H2,1-4H3. The van der Waals surface area contributed by atoms with Crippen LogP contribution in [0.5, 0.6) is 0 Å². The van der Waals surface area contributed by atoms with Gasteiger partial charge in [0.15, 0.2) is 10.9 Å². The zero-order chi connectivity index (χ0) is 30.3. The van der Waals surface area contributed by atoms with Crippen molar-refractivity contribution in [3.8, 4) is 11.3 Å². The average Bonchev–Trinajstić information content (AvgIpc) is 3.33. The number of nitrogens with one attached hydrogen (secondary N) is 1. The first kappa shape index (κ1) is 31.3.